The Balaban J connectivity index is 0.00000243. The predicted molar refractivity (Wildman–Crippen MR) is 120 cm³/mol. The van der Waals surface area contributed by atoms with Crippen LogP contribution in [-0.2, 0) is 17.9 Å². The summed E-state index contributed by atoms with van der Waals surface area (Å²) in [5.74, 6) is 1.01. The third kappa shape index (κ3) is 5.20. The molecule has 1 aliphatic heterocycles. The molecule has 1 aromatic heterocycles. The van der Waals surface area contributed by atoms with E-state index in [1.165, 1.54) is 10.4 Å². The molecule has 0 atom stereocenters. The molecule has 1 aromatic carbocycles. The zero-order valence-electron chi connectivity index (χ0n) is 15.1. The van der Waals surface area contributed by atoms with Crippen molar-refractivity contribution in [1.82, 2.24) is 10.6 Å². The summed E-state index contributed by atoms with van der Waals surface area (Å²) in [7, 11) is 1.78. The average Bonchev–Trinajstić information content (AvgIpc) is 3.24. The van der Waals surface area contributed by atoms with E-state index in [9.17, 15) is 4.79 Å². The number of anilines is 1. The number of guanidine groups is 1. The molecule has 0 spiro atoms. The number of nitrogens with one attached hydrogen (secondary N) is 2. The molecule has 0 saturated carbocycles. The van der Waals surface area contributed by atoms with E-state index < -0.39 is 0 Å². The number of carbonyl (C=O) groups is 1. The molecule has 140 valence electrons. The molecule has 2 heterocycles. The number of amides is 1. The van der Waals surface area contributed by atoms with E-state index in [0.717, 1.165) is 36.7 Å². The van der Waals surface area contributed by atoms with Crippen LogP contribution < -0.4 is 15.5 Å². The van der Waals surface area contributed by atoms with E-state index in [1.807, 2.05) is 17.0 Å². The Labute approximate surface area is 175 Å². The second kappa shape index (κ2) is 9.91. The molecule has 1 saturated heterocycles. The van der Waals surface area contributed by atoms with Crippen molar-refractivity contribution in [2.75, 3.05) is 18.5 Å². The third-order valence-corrected chi connectivity index (χ3v) is 5.41. The third-order valence-electron chi connectivity index (χ3n) is 4.39. The smallest absolute Gasteiger partial charge is 0.227 e. The van der Waals surface area contributed by atoms with Gasteiger partial charge in [-0.15, -0.1) is 35.3 Å². The fourth-order valence-electron chi connectivity index (χ4n) is 2.87. The van der Waals surface area contributed by atoms with Gasteiger partial charge in [0.05, 0.1) is 6.54 Å². The van der Waals surface area contributed by atoms with E-state index in [1.54, 1.807) is 18.4 Å². The minimum absolute atomic E-state index is 0. The van der Waals surface area contributed by atoms with E-state index in [2.05, 4.69) is 46.1 Å². The van der Waals surface area contributed by atoms with Crippen molar-refractivity contribution in [3.63, 3.8) is 0 Å². The molecule has 2 aromatic rings. The van der Waals surface area contributed by atoms with Gasteiger partial charge < -0.3 is 15.5 Å². The van der Waals surface area contributed by atoms with E-state index in [-0.39, 0.29) is 29.9 Å². The van der Waals surface area contributed by atoms with Crippen LogP contribution in [0.2, 0.25) is 0 Å². The highest BCUT2D eigenvalue weighted by molar-refractivity contribution is 14.0. The first-order chi connectivity index (χ1) is 12.2. The second-order valence-corrected chi connectivity index (χ2v) is 7.12. The topological polar surface area (TPSA) is 56.7 Å². The van der Waals surface area contributed by atoms with Gasteiger partial charge in [-0.1, -0.05) is 12.1 Å². The molecule has 1 amide bonds. The minimum atomic E-state index is 0. The standard InChI is InChI=1S/C19H24N4OS.HI/c1-14-9-11-25-17(14)13-22-19(20-2)21-12-15-5-7-16(8-6-15)23-10-3-4-18(23)24;/h5-9,11H,3-4,10,12-13H2,1-2H3,(H2,20,21,22);1H. The predicted octanol–water partition coefficient (Wildman–Crippen LogP) is 3.67. The molecule has 2 N–H and O–H groups in total. The van der Waals surface area contributed by atoms with Gasteiger partial charge in [0.1, 0.15) is 0 Å². The lowest BCUT2D eigenvalue weighted by atomic mass is 10.2. The van der Waals surface area contributed by atoms with Crippen LogP contribution in [0.1, 0.15) is 28.8 Å². The molecular formula is C19H25IN4OS. The first kappa shape index (κ1) is 20.7. The van der Waals surface area contributed by atoms with Crippen LogP contribution in [0.15, 0.2) is 40.7 Å². The van der Waals surface area contributed by atoms with Crippen molar-refractivity contribution in [2.45, 2.75) is 32.9 Å². The second-order valence-electron chi connectivity index (χ2n) is 6.12. The molecule has 5 nitrogen and oxygen atoms in total. The molecule has 0 unspecified atom stereocenters. The summed E-state index contributed by atoms with van der Waals surface area (Å²) < 4.78 is 0. The summed E-state index contributed by atoms with van der Waals surface area (Å²) in [5, 5.41) is 8.78. The van der Waals surface area contributed by atoms with Crippen LogP contribution in [0.25, 0.3) is 0 Å². The zero-order chi connectivity index (χ0) is 17.6. The van der Waals surface area contributed by atoms with Gasteiger partial charge in [0.25, 0.3) is 0 Å². The molecular weight excluding hydrogens is 459 g/mol. The van der Waals surface area contributed by atoms with Crippen molar-refractivity contribution in [3.05, 3.63) is 51.7 Å². The maximum absolute atomic E-state index is 11.8. The van der Waals surface area contributed by atoms with Crippen molar-refractivity contribution in [2.24, 2.45) is 4.99 Å². The van der Waals surface area contributed by atoms with E-state index in [0.29, 0.717) is 13.0 Å². The van der Waals surface area contributed by atoms with Gasteiger partial charge in [0.2, 0.25) is 5.91 Å². The van der Waals surface area contributed by atoms with Gasteiger partial charge in [-0.2, -0.15) is 0 Å². The molecule has 0 aliphatic carbocycles. The number of rotatable bonds is 5. The van der Waals surface area contributed by atoms with Crippen LogP contribution >= 0.6 is 35.3 Å². The fourth-order valence-corrected chi connectivity index (χ4v) is 3.72. The van der Waals surface area contributed by atoms with Gasteiger partial charge in [-0.25, -0.2) is 0 Å². The quantitative estimate of drug-likeness (QED) is 0.387. The minimum Gasteiger partial charge on any atom is -0.352 e. The van der Waals surface area contributed by atoms with Crippen molar-refractivity contribution in [3.8, 4) is 0 Å². The number of hydrogen-bond acceptors (Lipinski definition) is 3. The molecule has 26 heavy (non-hydrogen) atoms. The highest BCUT2D eigenvalue weighted by atomic mass is 127. The molecule has 0 radical (unpaired) electrons. The monoisotopic (exact) mass is 484 g/mol. The summed E-state index contributed by atoms with van der Waals surface area (Å²) in [6.45, 7) is 4.42. The van der Waals surface area contributed by atoms with Crippen LogP contribution in [0, 0.1) is 6.92 Å². The van der Waals surface area contributed by atoms with Gasteiger partial charge in [0, 0.05) is 37.1 Å². The summed E-state index contributed by atoms with van der Waals surface area (Å²) in [6.07, 6.45) is 1.61. The maximum atomic E-state index is 11.8. The molecule has 7 heteroatoms. The number of thiophene rings is 1. The van der Waals surface area contributed by atoms with Gasteiger partial charge in [-0.05, 0) is 48.1 Å². The Morgan fingerprint density at radius 1 is 1.19 bits per heavy atom. The number of nitrogens with zero attached hydrogens (tertiary/aromatic N) is 2. The van der Waals surface area contributed by atoms with Crippen molar-refractivity contribution >= 4 is 52.9 Å². The number of hydrogen-bond donors (Lipinski definition) is 2. The molecule has 1 fully saturated rings. The molecule has 0 bridgehead atoms. The van der Waals surface area contributed by atoms with Gasteiger partial charge in [0.15, 0.2) is 5.96 Å². The largest absolute Gasteiger partial charge is 0.352 e. The Morgan fingerprint density at radius 2 is 1.92 bits per heavy atom. The lowest BCUT2D eigenvalue weighted by Crippen LogP contribution is -2.36. The number of carbonyl (C=O) groups excluding carboxylic acids is 1. The molecule has 1 aliphatic rings. The summed E-state index contributed by atoms with van der Waals surface area (Å²) in [4.78, 5) is 19.3. The zero-order valence-corrected chi connectivity index (χ0v) is 18.3. The van der Waals surface area contributed by atoms with Crippen LogP contribution in [-0.4, -0.2) is 25.5 Å². The van der Waals surface area contributed by atoms with E-state index in [4.69, 9.17) is 0 Å². The Bertz CT molecular complexity index is 757. The van der Waals surface area contributed by atoms with Crippen molar-refractivity contribution < 1.29 is 4.79 Å². The average molecular weight is 484 g/mol. The first-order valence-corrected chi connectivity index (χ1v) is 9.42. The molecule has 3 rings (SSSR count). The first-order valence-electron chi connectivity index (χ1n) is 8.54. The number of benzene rings is 1. The highest BCUT2D eigenvalue weighted by Gasteiger charge is 2.21. The van der Waals surface area contributed by atoms with Crippen LogP contribution in [0.4, 0.5) is 5.69 Å². The lowest BCUT2D eigenvalue weighted by molar-refractivity contribution is -0.117. The highest BCUT2D eigenvalue weighted by Crippen LogP contribution is 2.21. The van der Waals surface area contributed by atoms with Gasteiger partial charge >= 0.3 is 0 Å². The number of halogens is 1. The number of aliphatic imine (C=N–C) groups is 1. The van der Waals surface area contributed by atoms with E-state index >= 15 is 0 Å². The fraction of sp³-hybridized carbons (Fsp3) is 0.368. The van der Waals surface area contributed by atoms with Crippen molar-refractivity contribution in [1.29, 1.82) is 0 Å². The summed E-state index contributed by atoms with van der Waals surface area (Å²) >= 11 is 1.75. The maximum Gasteiger partial charge on any atom is 0.227 e. The normalized spacial score (nSPS) is 14.3. The van der Waals surface area contributed by atoms with Gasteiger partial charge in [-0.3, -0.25) is 9.79 Å². The summed E-state index contributed by atoms with van der Waals surface area (Å²) in [5.41, 5.74) is 3.45. The van der Waals surface area contributed by atoms with Crippen LogP contribution in [0.3, 0.4) is 0 Å². The SMILES string of the molecule is CN=C(NCc1ccc(N2CCCC2=O)cc1)NCc1sccc1C.I. The summed E-state index contributed by atoms with van der Waals surface area (Å²) in [6, 6.07) is 10.3. The Kier molecular flexibility index (Phi) is 7.89. The number of aryl methyl sites for hydroxylation is 1. The Hall–Kier alpha value is -1.61. The lowest BCUT2D eigenvalue weighted by Gasteiger charge is -2.16. The van der Waals surface area contributed by atoms with Crippen LogP contribution in [0.5, 0.6) is 0 Å². The Morgan fingerprint density at radius 3 is 2.50 bits per heavy atom.